The van der Waals surface area contributed by atoms with Crippen LogP contribution in [0.5, 0.6) is 0 Å². The van der Waals surface area contributed by atoms with Crippen LogP contribution in [0.4, 0.5) is 0 Å². The highest BCUT2D eigenvalue weighted by Gasteiger charge is 2.18. The standard InChI is InChI=1S/C7H18N2O/c1-6(7(2,3)8)9-4-5-10/h6,9-10H,4-5,8H2,1-3H3. The highest BCUT2D eigenvalue weighted by atomic mass is 16.3. The summed E-state index contributed by atoms with van der Waals surface area (Å²) in [5, 5.41) is 11.6. The molecule has 0 saturated heterocycles. The molecule has 0 aliphatic carbocycles. The second-order valence-electron chi connectivity index (χ2n) is 3.22. The van der Waals surface area contributed by atoms with Gasteiger partial charge in [-0.15, -0.1) is 0 Å². The van der Waals surface area contributed by atoms with Crippen molar-refractivity contribution in [2.75, 3.05) is 13.2 Å². The van der Waals surface area contributed by atoms with E-state index in [1.165, 1.54) is 0 Å². The van der Waals surface area contributed by atoms with Gasteiger partial charge in [0.05, 0.1) is 6.61 Å². The molecule has 0 aromatic heterocycles. The molecular formula is C7H18N2O. The van der Waals surface area contributed by atoms with Crippen LogP contribution in [0.15, 0.2) is 0 Å². The zero-order valence-corrected chi connectivity index (χ0v) is 7.02. The van der Waals surface area contributed by atoms with Crippen LogP contribution in [-0.4, -0.2) is 29.8 Å². The van der Waals surface area contributed by atoms with Crippen molar-refractivity contribution in [3.05, 3.63) is 0 Å². The van der Waals surface area contributed by atoms with Crippen molar-refractivity contribution in [1.82, 2.24) is 5.32 Å². The Morgan fingerprint density at radius 2 is 2.10 bits per heavy atom. The molecule has 0 aromatic rings. The Bertz CT molecular complexity index is 88.1. The molecule has 0 fully saturated rings. The van der Waals surface area contributed by atoms with Crippen LogP contribution in [0, 0.1) is 0 Å². The molecule has 0 amide bonds. The molecule has 1 unspecified atom stereocenters. The lowest BCUT2D eigenvalue weighted by molar-refractivity contribution is 0.269. The zero-order valence-electron chi connectivity index (χ0n) is 7.02. The first kappa shape index (κ1) is 9.88. The van der Waals surface area contributed by atoms with E-state index in [0.29, 0.717) is 6.54 Å². The van der Waals surface area contributed by atoms with Gasteiger partial charge < -0.3 is 16.2 Å². The average Bonchev–Trinajstić information content (AvgIpc) is 1.80. The third-order valence-electron chi connectivity index (χ3n) is 1.68. The number of nitrogens with one attached hydrogen (secondary N) is 1. The molecule has 0 spiro atoms. The van der Waals surface area contributed by atoms with Gasteiger partial charge in [0, 0.05) is 18.1 Å². The molecule has 3 heteroatoms. The zero-order chi connectivity index (χ0) is 8.20. The van der Waals surface area contributed by atoms with Gasteiger partial charge in [-0.25, -0.2) is 0 Å². The number of nitrogens with two attached hydrogens (primary N) is 1. The van der Waals surface area contributed by atoms with E-state index in [2.05, 4.69) is 5.32 Å². The third-order valence-corrected chi connectivity index (χ3v) is 1.68. The average molecular weight is 146 g/mol. The third kappa shape index (κ3) is 3.82. The molecule has 4 N–H and O–H groups in total. The first-order valence-electron chi connectivity index (χ1n) is 3.61. The van der Waals surface area contributed by atoms with E-state index in [9.17, 15) is 0 Å². The summed E-state index contributed by atoms with van der Waals surface area (Å²) in [6.45, 7) is 6.71. The molecule has 1 atom stereocenters. The van der Waals surface area contributed by atoms with Crippen molar-refractivity contribution >= 4 is 0 Å². The van der Waals surface area contributed by atoms with Crippen molar-refractivity contribution in [2.45, 2.75) is 32.4 Å². The molecule has 10 heavy (non-hydrogen) atoms. The van der Waals surface area contributed by atoms with Gasteiger partial charge in [0.15, 0.2) is 0 Å². The van der Waals surface area contributed by atoms with E-state index in [4.69, 9.17) is 10.8 Å². The summed E-state index contributed by atoms with van der Waals surface area (Å²) in [5.74, 6) is 0. The Morgan fingerprint density at radius 1 is 1.60 bits per heavy atom. The van der Waals surface area contributed by atoms with Crippen molar-refractivity contribution in [3.63, 3.8) is 0 Å². The van der Waals surface area contributed by atoms with E-state index >= 15 is 0 Å². The Labute approximate surface area is 62.6 Å². The van der Waals surface area contributed by atoms with Gasteiger partial charge in [0.1, 0.15) is 0 Å². The smallest absolute Gasteiger partial charge is 0.0556 e. The molecule has 0 rings (SSSR count). The summed E-state index contributed by atoms with van der Waals surface area (Å²) < 4.78 is 0. The van der Waals surface area contributed by atoms with Crippen LogP contribution < -0.4 is 11.1 Å². The predicted octanol–water partition coefficient (Wildman–Crippen LogP) is -0.306. The highest BCUT2D eigenvalue weighted by Crippen LogP contribution is 2.02. The number of rotatable bonds is 4. The maximum Gasteiger partial charge on any atom is 0.0556 e. The molecule has 0 saturated carbocycles. The molecular weight excluding hydrogens is 128 g/mol. The number of hydrogen-bond donors (Lipinski definition) is 3. The number of aliphatic hydroxyl groups excluding tert-OH is 1. The van der Waals surface area contributed by atoms with Gasteiger partial charge in [-0.3, -0.25) is 0 Å². The van der Waals surface area contributed by atoms with E-state index < -0.39 is 0 Å². The fourth-order valence-corrected chi connectivity index (χ4v) is 0.544. The fraction of sp³-hybridized carbons (Fsp3) is 1.00. The summed E-state index contributed by atoms with van der Waals surface area (Å²) in [7, 11) is 0. The Hall–Kier alpha value is -0.120. The van der Waals surface area contributed by atoms with E-state index in [0.717, 1.165) is 0 Å². The highest BCUT2D eigenvalue weighted by molar-refractivity contribution is 4.84. The van der Waals surface area contributed by atoms with Gasteiger partial charge in [0.25, 0.3) is 0 Å². The van der Waals surface area contributed by atoms with E-state index in [1.807, 2.05) is 20.8 Å². The maximum atomic E-state index is 8.48. The van der Waals surface area contributed by atoms with Crippen molar-refractivity contribution in [2.24, 2.45) is 5.73 Å². The molecule has 0 bridgehead atoms. The van der Waals surface area contributed by atoms with Crippen LogP contribution in [0.1, 0.15) is 20.8 Å². The molecule has 0 aromatic carbocycles. The molecule has 62 valence electrons. The monoisotopic (exact) mass is 146 g/mol. The van der Waals surface area contributed by atoms with Crippen LogP contribution in [-0.2, 0) is 0 Å². The summed E-state index contributed by atoms with van der Waals surface area (Å²) in [4.78, 5) is 0. The topological polar surface area (TPSA) is 58.3 Å². The lowest BCUT2D eigenvalue weighted by atomic mass is 9.98. The number of hydrogen-bond acceptors (Lipinski definition) is 3. The van der Waals surface area contributed by atoms with E-state index in [-0.39, 0.29) is 18.2 Å². The summed E-state index contributed by atoms with van der Waals surface area (Å²) >= 11 is 0. The Balaban J connectivity index is 3.52. The molecule has 0 heterocycles. The Kier molecular flexibility index (Phi) is 3.86. The van der Waals surface area contributed by atoms with Gasteiger partial charge in [-0.2, -0.15) is 0 Å². The number of aliphatic hydroxyl groups is 1. The minimum absolute atomic E-state index is 0.167. The lowest BCUT2D eigenvalue weighted by Gasteiger charge is -2.27. The summed E-state index contributed by atoms with van der Waals surface area (Å²) in [6.07, 6.45) is 0. The summed E-state index contributed by atoms with van der Waals surface area (Å²) in [5.41, 5.74) is 5.56. The van der Waals surface area contributed by atoms with Gasteiger partial charge in [0.2, 0.25) is 0 Å². The minimum atomic E-state index is -0.213. The van der Waals surface area contributed by atoms with Crippen LogP contribution in [0.2, 0.25) is 0 Å². The molecule has 0 aliphatic heterocycles. The quantitative estimate of drug-likeness (QED) is 0.510. The molecule has 0 aliphatic rings. The van der Waals surface area contributed by atoms with Crippen LogP contribution in [0.25, 0.3) is 0 Å². The van der Waals surface area contributed by atoms with Gasteiger partial charge >= 0.3 is 0 Å². The van der Waals surface area contributed by atoms with Crippen LogP contribution >= 0.6 is 0 Å². The van der Waals surface area contributed by atoms with Crippen molar-refractivity contribution in [3.8, 4) is 0 Å². The second-order valence-corrected chi connectivity index (χ2v) is 3.22. The largest absolute Gasteiger partial charge is 0.395 e. The van der Waals surface area contributed by atoms with E-state index in [1.54, 1.807) is 0 Å². The first-order valence-corrected chi connectivity index (χ1v) is 3.61. The summed E-state index contributed by atoms with van der Waals surface area (Å²) in [6, 6.07) is 0.236. The first-order chi connectivity index (χ1) is 4.48. The predicted molar refractivity (Wildman–Crippen MR) is 42.8 cm³/mol. The van der Waals surface area contributed by atoms with Crippen molar-refractivity contribution < 1.29 is 5.11 Å². The van der Waals surface area contributed by atoms with Crippen LogP contribution in [0.3, 0.4) is 0 Å². The fourth-order valence-electron chi connectivity index (χ4n) is 0.544. The minimum Gasteiger partial charge on any atom is -0.395 e. The Morgan fingerprint density at radius 3 is 2.40 bits per heavy atom. The maximum absolute atomic E-state index is 8.48. The van der Waals surface area contributed by atoms with Gasteiger partial charge in [-0.05, 0) is 20.8 Å². The second kappa shape index (κ2) is 3.91. The van der Waals surface area contributed by atoms with Crippen molar-refractivity contribution in [1.29, 1.82) is 0 Å². The lowest BCUT2D eigenvalue weighted by Crippen LogP contribution is -2.51. The molecule has 3 nitrogen and oxygen atoms in total. The normalized spacial score (nSPS) is 15.3. The SMILES string of the molecule is CC(NCCO)C(C)(C)N. The van der Waals surface area contributed by atoms with Gasteiger partial charge in [-0.1, -0.05) is 0 Å². The molecule has 0 radical (unpaired) electrons.